The third-order valence-corrected chi connectivity index (χ3v) is 4.26. The number of quaternary nitrogens is 1. The molecule has 0 radical (unpaired) electrons. The zero-order valence-corrected chi connectivity index (χ0v) is 12.9. The molecule has 0 aromatic heterocycles. The first kappa shape index (κ1) is 15.1. The smallest absolute Gasteiger partial charge is 0.222 e. The van der Waals surface area contributed by atoms with Gasteiger partial charge in [-0.05, 0) is 14.1 Å². The molecule has 1 aliphatic rings. The second-order valence-electron chi connectivity index (χ2n) is 5.57. The molecular formula is C14H20Cl2N2O. The molecule has 1 aliphatic heterocycles. The molecule has 2 atom stereocenters. The zero-order valence-electron chi connectivity index (χ0n) is 11.4. The van der Waals surface area contributed by atoms with Crippen molar-refractivity contribution in [1.29, 1.82) is 0 Å². The van der Waals surface area contributed by atoms with Gasteiger partial charge in [-0.2, -0.15) is 0 Å². The lowest BCUT2D eigenvalue weighted by molar-refractivity contribution is -0.954. The van der Waals surface area contributed by atoms with Crippen molar-refractivity contribution in [3.05, 3.63) is 41.1 Å². The Bertz CT molecular complexity index is 425. The van der Waals surface area contributed by atoms with Crippen LogP contribution in [0.2, 0.25) is 0 Å². The summed E-state index contributed by atoms with van der Waals surface area (Å²) >= 11 is 12.5. The number of benzene rings is 1. The van der Waals surface area contributed by atoms with Crippen LogP contribution in [0.25, 0.3) is 0 Å². The molecule has 2 rings (SSSR count). The van der Waals surface area contributed by atoms with Gasteiger partial charge in [0.05, 0.1) is 6.54 Å². The van der Waals surface area contributed by atoms with Gasteiger partial charge >= 0.3 is 0 Å². The Morgan fingerprint density at radius 2 is 1.95 bits per heavy atom. The molecule has 0 N–H and O–H groups in total. The number of hydrogen-bond acceptors (Lipinski definition) is 2. The van der Waals surface area contributed by atoms with E-state index >= 15 is 0 Å². The minimum atomic E-state index is -0.943. The van der Waals surface area contributed by atoms with Crippen LogP contribution in [0, 0.1) is 5.21 Å². The lowest BCUT2D eigenvalue weighted by atomic mass is 9.92. The number of halogens is 2. The van der Waals surface area contributed by atoms with E-state index in [0.717, 1.165) is 18.5 Å². The predicted molar refractivity (Wildman–Crippen MR) is 80.2 cm³/mol. The van der Waals surface area contributed by atoms with Gasteiger partial charge in [-0.25, -0.2) is 0 Å². The molecule has 1 aromatic carbocycles. The van der Waals surface area contributed by atoms with Gasteiger partial charge in [-0.1, -0.05) is 53.5 Å². The fourth-order valence-corrected chi connectivity index (χ4v) is 3.79. The number of rotatable bonds is 5. The van der Waals surface area contributed by atoms with Crippen LogP contribution in [0.4, 0.5) is 0 Å². The minimum Gasteiger partial charge on any atom is -0.632 e. The summed E-state index contributed by atoms with van der Waals surface area (Å²) in [4.78, 5) is 2.08. The molecule has 0 amide bonds. The average molecular weight is 303 g/mol. The van der Waals surface area contributed by atoms with E-state index in [9.17, 15) is 5.21 Å². The number of hydroxylamine groups is 3. The van der Waals surface area contributed by atoms with Crippen molar-refractivity contribution in [3.63, 3.8) is 0 Å². The maximum atomic E-state index is 12.8. The van der Waals surface area contributed by atoms with Crippen molar-refractivity contribution in [2.45, 2.75) is 16.8 Å². The summed E-state index contributed by atoms with van der Waals surface area (Å²) in [5.74, 6) is 0. The molecule has 0 bridgehead atoms. The SMILES string of the molecule is CN(C)CCC[N+]1([O-])CC(Cl)(Cl)C1c1ccccc1. The molecule has 106 valence electrons. The summed E-state index contributed by atoms with van der Waals surface area (Å²) < 4.78 is -1.26. The lowest BCUT2D eigenvalue weighted by Gasteiger charge is -2.62. The predicted octanol–water partition coefficient (Wildman–Crippen LogP) is 3.18. The molecule has 0 saturated carbocycles. The summed E-state index contributed by atoms with van der Waals surface area (Å²) in [5, 5.41) is 12.8. The summed E-state index contributed by atoms with van der Waals surface area (Å²) in [6, 6.07) is 9.25. The van der Waals surface area contributed by atoms with Gasteiger partial charge in [0.1, 0.15) is 6.54 Å². The Morgan fingerprint density at radius 1 is 1.32 bits per heavy atom. The zero-order chi connectivity index (χ0) is 14.1. The molecule has 1 fully saturated rings. The molecule has 1 aromatic rings. The molecule has 2 unspecified atom stereocenters. The fraction of sp³-hybridized carbons (Fsp3) is 0.571. The van der Waals surface area contributed by atoms with Crippen molar-refractivity contribution < 1.29 is 4.65 Å². The summed E-state index contributed by atoms with van der Waals surface area (Å²) in [6.07, 6.45) is 0.851. The fourth-order valence-electron chi connectivity index (χ4n) is 2.78. The Balaban J connectivity index is 2.09. The van der Waals surface area contributed by atoms with Crippen molar-refractivity contribution in [2.24, 2.45) is 0 Å². The van der Waals surface area contributed by atoms with E-state index in [1.54, 1.807) is 0 Å². The maximum absolute atomic E-state index is 12.8. The van der Waals surface area contributed by atoms with Gasteiger partial charge in [0.25, 0.3) is 0 Å². The average Bonchev–Trinajstić information content (AvgIpc) is 2.27. The highest BCUT2D eigenvalue weighted by Crippen LogP contribution is 2.54. The van der Waals surface area contributed by atoms with Gasteiger partial charge in [-0.3, -0.25) is 0 Å². The van der Waals surface area contributed by atoms with Crippen molar-refractivity contribution >= 4 is 23.2 Å². The van der Waals surface area contributed by atoms with Crippen molar-refractivity contribution in [1.82, 2.24) is 4.90 Å². The van der Waals surface area contributed by atoms with Crippen molar-refractivity contribution in [3.8, 4) is 0 Å². The quantitative estimate of drug-likeness (QED) is 0.474. The van der Waals surface area contributed by atoms with Crippen LogP contribution in [0.15, 0.2) is 30.3 Å². The first-order valence-electron chi connectivity index (χ1n) is 6.50. The molecule has 3 nitrogen and oxygen atoms in total. The van der Waals surface area contributed by atoms with E-state index in [-0.39, 0.29) is 17.2 Å². The first-order valence-corrected chi connectivity index (χ1v) is 7.26. The third-order valence-electron chi connectivity index (χ3n) is 3.61. The number of hydrogen-bond donors (Lipinski definition) is 0. The van der Waals surface area contributed by atoms with Gasteiger partial charge in [0.15, 0.2) is 6.04 Å². The topological polar surface area (TPSA) is 26.3 Å². The highest BCUT2D eigenvalue weighted by molar-refractivity contribution is 6.49. The molecule has 0 aliphatic carbocycles. The van der Waals surface area contributed by atoms with Crippen LogP contribution in [0.1, 0.15) is 18.0 Å². The van der Waals surface area contributed by atoms with Gasteiger partial charge < -0.3 is 14.8 Å². The summed E-state index contributed by atoms with van der Waals surface area (Å²) in [5.41, 5.74) is 0.929. The number of nitrogens with zero attached hydrogens (tertiary/aromatic N) is 2. The van der Waals surface area contributed by atoms with Crippen LogP contribution < -0.4 is 0 Å². The highest BCUT2D eigenvalue weighted by Gasteiger charge is 2.60. The highest BCUT2D eigenvalue weighted by atomic mass is 35.5. The Labute approximate surface area is 124 Å². The summed E-state index contributed by atoms with van der Waals surface area (Å²) in [6.45, 7) is 1.73. The third kappa shape index (κ3) is 3.23. The first-order chi connectivity index (χ1) is 8.85. The van der Waals surface area contributed by atoms with E-state index < -0.39 is 4.33 Å². The van der Waals surface area contributed by atoms with Crippen LogP contribution >= 0.6 is 23.2 Å². The molecule has 1 saturated heterocycles. The summed E-state index contributed by atoms with van der Waals surface area (Å²) in [7, 11) is 4.01. The normalized spacial score (nSPS) is 29.3. The number of likely N-dealkylation sites (tertiary alicyclic amines) is 1. The molecule has 5 heteroatoms. The second kappa shape index (κ2) is 5.58. The number of alkyl halides is 2. The monoisotopic (exact) mass is 302 g/mol. The van der Waals surface area contributed by atoms with Crippen LogP contribution in [0.3, 0.4) is 0 Å². The van der Waals surface area contributed by atoms with E-state index in [0.29, 0.717) is 6.54 Å². The van der Waals surface area contributed by atoms with Gasteiger partial charge in [0, 0.05) is 18.5 Å². The van der Waals surface area contributed by atoms with E-state index in [1.807, 2.05) is 44.4 Å². The standard InChI is InChI=1S/C14H20Cl2N2O/c1-17(2)9-6-10-18(19)11-14(15,16)13(18)12-7-4-3-5-8-12/h3-5,7-8,13H,6,9-11H2,1-2H3. The Morgan fingerprint density at radius 3 is 2.47 bits per heavy atom. The van der Waals surface area contributed by atoms with Crippen molar-refractivity contribution in [2.75, 3.05) is 33.7 Å². The lowest BCUT2D eigenvalue weighted by Crippen LogP contribution is -2.68. The Kier molecular flexibility index (Phi) is 4.43. The van der Waals surface area contributed by atoms with E-state index in [4.69, 9.17) is 23.2 Å². The van der Waals surface area contributed by atoms with Crippen LogP contribution in [-0.2, 0) is 0 Å². The largest absolute Gasteiger partial charge is 0.632 e. The maximum Gasteiger partial charge on any atom is 0.222 e. The Hall–Kier alpha value is -0.320. The molecule has 19 heavy (non-hydrogen) atoms. The van der Waals surface area contributed by atoms with Crippen LogP contribution in [-0.4, -0.2) is 47.6 Å². The van der Waals surface area contributed by atoms with E-state index in [1.165, 1.54) is 0 Å². The van der Waals surface area contributed by atoms with Crippen LogP contribution in [0.5, 0.6) is 0 Å². The van der Waals surface area contributed by atoms with Gasteiger partial charge in [-0.15, -0.1) is 0 Å². The minimum absolute atomic E-state index is 0.267. The molecular weight excluding hydrogens is 283 g/mol. The second-order valence-corrected chi connectivity index (χ2v) is 7.11. The van der Waals surface area contributed by atoms with E-state index in [2.05, 4.69) is 4.90 Å². The molecule has 0 spiro atoms. The molecule has 1 heterocycles. The van der Waals surface area contributed by atoms with Gasteiger partial charge in [0.2, 0.25) is 4.33 Å².